The molecule has 0 saturated heterocycles. The van der Waals surface area contributed by atoms with Crippen LogP contribution in [0.1, 0.15) is 52.8 Å². The Labute approximate surface area is 174 Å². The van der Waals surface area contributed by atoms with E-state index in [4.69, 9.17) is 0 Å². The Morgan fingerprint density at radius 3 is 1.64 bits per heavy atom. The molecule has 0 aliphatic heterocycles. The lowest BCUT2D eigenvalue weighted by molar-refractivity contribution is 0.0841. The number of rotatable bonds is 4. The third kappa shape index (κ3) is 3.00. The van der Waals surface area contributed by atoms with E-state index in [0.29, 0.717) is 28.5 Å². The number of alkyl halides is 1. The maximum atomic E-state index is 13.6. The van der Waals surface area contributed by atoms with Gasteiger partial charge in [0.1, 0.15) is 0 Å². The highest BCUT2D eigenvalue weighted by atomic mass is 79.9. The van der Waals surface area contributed by atoms with Gasteiger partial charge in [0.25, 0.3) is 0 Å². The van der Waals surface area contributed by atoms with Gasteiger partial charge in [0.05, 0.1) is 5.57 Å². The molecular formula is C25H23BrO2. The lowest BCUT2D eigenvalue weighted by atomic mass is 9.53. The van der Waals surface area contributed by atoms with Crippen LogP contribution in [0.5, 0.6) is 0 Å². The van der Waals surface area contributed by atoms with Crippen molar-refractivity contribution >= 4 is 27.5 Å². The summed E-state index contributed by atoms with van der Waals surface area (Å²) in [5.74, 6) is 1.20. The number of carbonyl (C=O) groups is 2. The van der Waals surface area contributed by atoms with Gasteiger partial charge in [-0.1, -0.05) is 76.6 Å². The van der Waals surface area contributed by atoms with Gasteiger partial charge in [-0.15, -0.1) is 0 Å². The van der Waals surface area contributed by atoms with Crippen LogP contribution in [0.3, 0.4) is 0 Å². The Kier molecular flexibility index (Phi) is 4.39. The Morgan fingerprint density at radius 2 is 1.21 bits per heavy atom. The number of hydrogen-bond donors (Lipinski definition) is 0. The molecule has 4 bridgehead atoms. The monoisotopic (exact) mass is 434 g/mol. The van der Waals surface area contributed by atoms with Gasteiger partial charge >= 0.3 is 0 Å². The van der Waals surface area contributed by atoms with Crippen molar-refractivity contribution in [1.82, 2.24) is 0 Å². The van der Waals surface area contributed by atoms with Gasteiger partial charge in [-0.05, 0) is 55.4 Å². The Morgan fingerprint density at radius 1 is 0.750 bits per heavy atom. The van der Waals surface area contributed by atoms with E-state index in [1.54, 1.807) is 0 Å². The normalized spacial score (nSPS) is 30.3. The molecule has 6 rings (SSSR count). The van der Waals surface area contributed by atoms with Crippen LogP contribution in [0.15, 0.2) is 71.8 Å². The minimum absolute atomic E-state index is 0.111. The summed E-state index contributed by atoms with van der Waals surface area (Å²) in [5, 5.41) is 0. The van der Waals surface area contributed by atoms with Crippen LogP contribution in [0, 0.1) is 17.8 Å². The molecule has 4 aliphatic rings. The first kappa shape index (κ1) is 18.1. The van der Waals surface area contributed by atoms with Gasteiger partial charge in [-0.2, -0.15) is 0 Å². The maximum Gasteiger partial charge on any atom is 0.196 e. The first-order chi connectivity index (χ1) is 13.5. The van der Waals surface area contributed by atoms with Crippen LogP contribution in [0.25, 0.3) is 0 Å². The van der Waals surface area contributed by atoms with E-state index in [0.717, 1.165) is 37.2 Å². The Hall–Kier alpha value is -2.00. The second-order valence-electron chi connectivity index (χ2n) is 8.72. The molecule has 4 aliphatic carbocycles. The van der Waals surface area contributed by atoms with E-state index in [9.17, 15) is 9.59 Å². The summed E-state index contributed by atoms with van der Waals surface area (Å²) in [6.07, 6.45) is 5.56. The molecule has 0 heterocycles. The lowest BCUT2D eigenvalue weighted by Crippen LogP contribution is -2.49. The van der Waals surface area contributed by atoms with Crippen molar-refractivity contribution in [3.8, 4) is 0 Å². The summed E-state index contributed by atoms with van der Waals surface area (Å²) in [5.41, 5.74) is 2.81. The fourth-order valence-corrected chi connectivity index (χ4v) is 7.17. The lowest BCUT2D eigenvalue weighted by Gasteiger charge is -2.56. The topological polar surface area (TPSA) is 34.1 Å². The molecule has 28 heavy (non-hydrogen) atoms. The zero-order chi connectivity index (χ0) is 19.3. The summed E-state index contributed by atoms with van der Waals surface area (Å²) >= 11 is 4.01. The van der Waals surface area contributed by atoms with Gasteiger partial charge in [0.15, 0.2) is 11.6 Å². The average Bonchev–Trinajstić information content (AvgIpc) is 2.70. The molecule has 2 unspecified atom stereocenters. The van der Waals surface area contributed by atoms with E-state index in [-0.39, 0.29) is 15.9 Å². The van der Waals surface area contributed by atoms with Crippen LogP contribution in [-0.4, -0.2) is 15.9 Å². The highest BCUT2D eigenvalue weighted by Gasteiger charge is 2.53. The second kappa shape index (κ2) is 6.81. The smallest absolute Gasteiger partial charge is 0.196 e. The summed E-state index contributed by atoms with van der Waals surface area (Å²) in [6, 6.07) is 18.6. The maximum absolute atomic E-state index is 13.6. The molecule has 2 aromatic rings. The molecule has 2 aromatic carbocycles. The zero-order valence-electron chi connectivity index (χ0n) is 15.7. The van der Waals surface area contributed by atoms with Crippen molar-refractivity contribution in [2.45, 2.75) is 36.4 Å². The van der Waals surface area contributed by atoms with Crippen LogP contribution >= 0.6 is 15.9 Å². The number of allylic oxidation sites excluding steroid dienone is 2. The molecule has 0 amide bonds. The van der Waals surface area contributed by atoms with E-state index in [2.05, 4.69) is 15.9 Å². The largest absolute Gasteiger partial charge is 0.288 e. The van der Waals surface area contributed by atoms with Crippen LogP contribution in [0.2, 0.25) is 0 Å². The Bertz CT molecular complexity index is 889. The molecule has 0 aromatic heterocycles. The summed E-state index contributed by atoms with van der Waals surface area (Å²) in [4.78, 5) is 27.1. The van der Waals surface area contributed by atoms with E-state index in [1.807, 2.05) is 60.7 Å². The first-order valence-electron chi connectivity index (χ1n) is 10.2. The molecule has 142 valence electrons. The Balaban J connectivity index is 1.66. The van der Waals surface area contributed by atoms with Gasteiger partial charge < -0.3 is 0 Å². The third-order valence-corrected chi connectivity index (χ3v) is 7.78. The van der Waals surface area contributed by atoms with Crippen molar-refractivity contribution in [1.29, 1.82) is 0 Å². The highest BCUT2D eigenvalue weighted by molar-refractivity contribution is 9.10. The number of halogens is 1. The van der Waals surface area contributed by atoms with Crippen LogP contribution < -0.4 is 0 Å². The third-order valence-electron chi connectivity index (χ3n) is 6.81. The molecule has 0 N–H and O–H groups in total. The minimum atomic E-state index is -0.111. The van der Waals surface area contributed by atoms with Gasteiger partial charge in [-0.25, -0.2) is 0 Å². The second-order valence-corrected chi connectivity index (χ2v) is 10.4. The number of Topliss-reactive ketones (excluding diaryl/α,β-unsaturated/α-hetero) is 2. The van der Waals surface area contributed by atoms with E-state index in [1.165, 1.54) is 6.42 Å². The summed E-state index contributed by atoms with van der Waals surface area (Å²) in [7, 11) is 0. The first-order valence-corrected chi connectivity index (χ1v) is 11.0. The molecule has 2 nitrogen and oxygen atoms in total. The number of ketones is 2. The van der Waals surface area contributed by atoms with Crippen molar-refractivity contribution in [3.63, 3.8) is 0 Å². The van der Waals surface area contributed by atoms with Crippen molar-refractivity contribution in [3.05, 3.63) is 82.9 Å². The van der Waals surface area contributed by atoms with Crippen molar-refractivity contribution in [2.75, 3.05) is 0 Å². The standard InChI is InChI=1S/C25H23BrO2/c26-25-13-16-11-19(14-25)21(20(12-16)15-25)22(23(27)17-7-3-1-4-8-17)24(28)18-9-5-2-6-10-18/h1-10,16,19-20H,11-15H2/t16?,19-,20+,25?. The summed E-state index contributed by atoms with van der Waals surface area (Å²) < 4.78 is 0.212. The molecular weight excluding hydrogens is 412 g/mol. The van der Waals surface area contributed by atoms with E-state index >= 15 is 0 Å². The summed E-state index contributed by atoms with van der Waals surface area (Å²) in [6.45, 7) is 0. The number of carbonyl (C=O) groups excluding carboxylic acids is 2. The predicted octanol–water partition coefficient (Wildman–Crippen LogP) is 6.02. The minimum Gasteiger partial charge on any atom is -0.288 e. The fraction of sp³-hybridized carbons (Fsp3) is 0.360. The molecule has 4 fully saturated rings. The van der Waals surface area contributed by atoms with E-state index < -0.39 is 0 Å². The zero-order valence-corrected chi connectivity index (χ0v) is 17.3. The van der Waals surface area contributed by atoms with Gasteiger partial charge in [-0.3, -0.25) is 9.59 Å². The highest BCUT2D eigenvalue weighted by Crippen LogP contribution is 2.62. The molecule has 0 spiro atoms. The van der Waals surface area contributed by atoms with Crippen LogP contribution in [0.4, 0.5) is 0 Å². The van der Waals surface area contributed by atoms with Gasteiger partial charge in [0.2, 0.25) is 0 Å². The number of benzene rings is 2. The SMILES string of the molecule is O=C(C(C(=O)c1ccccc1)=C1[C@@H]2CC3C[C@H]1CC(Br)(C3)C2)c1ccccc1. The molecule has 4 atom stereocenters. The fourth-order valence-electron chi connectivity index (χ4n) is 5.93. The van der Waals surface area contributed by atoms with Gasteiger partial charge in [0, 0.05) is 15.5 Å². The molecule has 4 saturated carbocycles. The quantitative estimate of drug-likeness (QED) is 0.193. The molecule has 0 radical (unpaired) electrons. The predicted molar refractivity (Wildman–Crippen MR) is 114 cm³/mol. The van der Waals surface area contributed by atoms with Crippen molar-refractivity contribution in [2.24, 2.45) is 17.8 Å². The molecule has 3 heteroatoms. The van der Waals surface area contributed by atoms with Crippen molar-refractivity contribution < 1.29 is 9.59 Å². The average molecular weight is 435 g/mol. The number of hydrogen-bond acceptors (Lipinski definition) is 2. The van der Waals surface area contributed by atoms with Crippen LogP contribution in [-0.2, 0) is 0 Å².